The van der Waals surface area contributed by atoms with Gasteiger partial charge in [0.1, 0.15) is 16.0 Å². The fourth-order valence-electron chi connectivity index (χ4n) is 2.86. The van der Waals surface area contributed by atoms with Crippen LogP contribution in [0.15, 0.2) is 28.8 Å². The highest BCUT2D eigenvalue weighted by molar-refractivity contribution is 9.10. The number of hydrogen-bond donors (Lipinski definition) is 1. The lowest BCUT2D eigenvalue weighted by atomic mass is 9.97. The lowest BCUT2D eigenvalue weighted by molar-refractivity contribution is 0.172. The van der Waals surface area contributed by atoms with Crippen LogP contribution in [-0.4, -0.2) is 45.3 Å². The topological polar surface area (TPSA) is 33.7 Å². The van der Waals surface area contributed by atoms with Crippen molar-refractivity contribution < 1.29 is 9.47 Å². The summed E-state index contributed by atoms with van der Waals surface area (Å²) in [6.45, 7) is 10.3. The zero-order chi connectivity index (χ0) is 16.1. The predicted octanol–water partition coefficient (Wildman–Crippen LogP) is 3.38. The Bertz CT molecular complexity index is 502. The Kier molecular flexibility index (Phi) is 6.29. The molecule has 0 amide bonds. The monoisotopic (exact) mass is 368 g/mol. The molecular formula is C17H25BrN2O2. The third-order valence-corrected chi connectivity index (χ3v) is 4.77. The van der Waals surface area contributed by atoms with Crippen molar-refractivity contribution in [3.63, 3.8) is 0 Å². The second-order valence-corrected chi connectivity index (χ2v) is 6.50. The van der Waals surface area contributed by atoms with Gasteiger partial charge in [-0.15, -0.1) is 6.58 Å². The molecule has 0 aromatic heterocycles. The van der Waals surface area contributed by atoms with E-state index in [4.69, 9.17) is 9.47 Å². The average molecular weight is 369 g/mol. The number of nitrogens with zero attached hydrogens (tertiary/aromatic N) is 1. The van der Waals surface area contributed by atoms with Crippen LogP contribution in [0.3, 0.4) is 0 Å². The molecule has 0 aliphatic carbocycles. The normalized spacial score (nSPS) is 17.1. The molecule has 1 saturated heterocycles. The van der Waals surface area contributed by atoms with Crippen molar-refractivity contribution in [1.29, 1.82) is 0 Å². The van der Waals surface area contributed by atoms with Gasteiger partial charge in [-0.05, 0) is 47.0 Å². The molecule has 1 fully saturated rings. The van der Waals surface area contributed by atoms with E-state index in [2.05, 4.69) is 51.8 Å². The number of ether oxygens (including phenoxy) is 2. The van der Waals surface area contributed by atoms with Crippen LogP contribution in [0, 0.1) is 0 Å². The molecule has 1 aliphatic rings. The Morgan fingerprint density at radius 1 is 1.27 bits per heavy atom. The van der Waals surface area contributed by atoms with Crippen LogP contribution in [0.25, 0.3) is 0 Å². The second-order valence-electron chi connectivity index (χ2n) is 5.70. The third kappa shape index (κ3) is 4.03. The van der Waals surface area contributed by atoms with Gasteiger partial charge in [0.15, 0.2) is 0 Å². The quantitative estimate of drug-likeness (QED) is 0.780. The highest BCUT2D eigenvalue weighted by Gasteiger charge is 2.24. The molecule has 5 heteroatoms. The van der Waals surface area contributed by atoms with Gasteiger partial charge in [-0.1, -0.05) is 5.57 Å². The Morgan fingerprint density at radius 2 is 1.82 bits per heavy atom. The summed E-state index contributed by atoms with van der Waals surface area (Å²) in [7, 11) is 3.36. The van der Waals surface area contributed by atoms with Crippen molar-refractivity contribution in [3.8, 4) is 11.5 Å². The first-order valence-corrected chi connectivity index (χ1v) is 8.36. The first-order chi connectivity index (χ1) is 10.6. The summed E-state index contributed by atoms with van der Waals surface area (Å²) >= 11 is 3.54. The Labute approximate surface area is 141 Å². The van der Waals surface area contributed by atoms with E-state index in [-0.39, 0.29) is 0 Å². The van der Waals surface area contributed by atoms with Crippen molar-refractivity contribution in [3.05, 3.63) is 34.3 Å². The van der Waals surface area contributed by atoms with Crippen LogP contribution in [0.2, 0.25) is 0 Å². The Balaban J connectivity index is 2.39. The zero-order valence-corrected chi connectivity index (χ0v) is 15.2. The number of hydrogen-bond acceptors (Lipinski definition) is 4. The summed E-state index contributed by atoms with van der Waals surface area (Å²) in [5.74, 6) is 1.60. The van der Waals surface area contributed by atoms with Gasteiger partial charge in [-0.2, -0.15) is 0 Å². The van der Waals surface area contributed by atoms with Gasteiger partial charge in [0.25, 0.3) is 0 Å². The van der Waals surface area contributed by atoms with Gasteiger partial charge in [0, 0.05) is 32.2 Å². The smallest absolute Gasteiger partial charge is 0.137 e. The minimum atomic E-state index is 0.301. The van der Waals surface area contributed by atoms with Crippen LogP contribution in [0.1, 0.15) is 24.9 Å². The van der Waals surface area contributed by atoms with Gasteiger partial charge >= 0.3 is 0 Å². The third-order valence-electron chi connectivity index (χ3n) is 3.99. The summed E-state index contributed by atoms with van der Waals surface area (Å²) in [5.41, 5.74) is 2.39. The molecule has 1 aromatic carbocycles. The van der Waals surface area contributed by atoms with Crippen molar-refractivity contribution in [2.45, 2.75) is 19.4 Å². The van der Waals surface area contributed by atoms with Gasteiger partial charge in [0.05, 0.1) is 14.2 Å². The van der Waals surface area contributed by atoms with Crippen molar-refractivity contribution in [2.75, 3.05) is 40.4 Å². The largest absolute Gasteiger partial charge is 0.495 e. The lowest BCUT2D eigenvalue weighted by Gasteiger charge is -2.35. The van der Waals surface area contributed by atoms with Crippen LogP contribution in [0.5, 0.6) is 11.5 Å². The van der Waals surface area contributed by atoms with E-state index in [1.54, 1.807) is 14.2 Å². The van der Waals surface area contributed by atoms with Gasteiger partial charge in [-0.25, -0.2) is 0 Å². The minimum Gasteiger partial charge on any atom is -0.495 e. The van der Waals surface area contributed by atoms with E-state index in [0.29, 0.717) is 6.04 Å². The van der Waals surface area contributed by atoms with E-state index in [1.807, 2.05) is 0 Å². The first-order valence-electron chi connectivity index (χ1n) is 7.57. The number of methoxy groups -OCH3 is 2. The fourth-order valence-corrected chi connectivity index (χ4v) is 3.42. The van der Waals surface area contributed by atoms with Crippen molar-refractivity contribution in [2.24, 2.45) is 0 Å². The van der Waals surface area contributed by atoms with Crippen LogP contribution >= 0.6 is 15.9 Å². The Morgan fingerprint density at radius 3 is 2.27 bits per heavy atom. The summed E-state index contributed by atoms with van der Waals surface area (Å²) in [4.78, 5) is 2.51. The molecule has 2 rings (SSSR count). The van der Waals surface area contributed by atoms with E-state index < -0.39 is 0 Å². The van der Waals surface area contributed by atoms with Gasteiger partial charge in [-0.3, -0.25) is 4.90 Å². The summed E-state index contributed by atoms with van der Waals surface area (Å²) in [6, 6.07) is 4.50. The molecule has 0 unspecified atom stereocenters. The average Bonchev–Trinajstić information content (AvgIpc) is 2.53. The van der Waals surface area contributed by atoms with Crippen LogP contribution < -0.4 is 14.8 Å². The van der Waals surface area contributed by atoms with Crippen LogP contribution in [0.4, 0.5) is 0 Å². The van der Waals surface area contributed by atoms with Gasteiger partial charge in [0.2, 0.25) is 0 Å². The van der Waals surface area contributed by atoms with E-state index in [0.717, 1.165) is 48.6 Å². The molecule has 1 N–H and O–H groups in total. The second kappa shape index (κ2) is 7.99. The fraction of sp³-hybridized carbons (Fsp3) is 0.529. The molecule has 4 nitrogen and oxygen atoms in total. The molecule has 0 bridgehead atoms. The van der Waals surface area contributed by atoms with E-state index in [9.17, 15) is 0 Å². The number of halogens is 1. The maximum atomic E-state index is 5.49. The molecule has 122 valence electrons. The first kappa shape index (κ1) is 17.3. The van der Waals surface area contributed by atoms with E-state index >= 15 is 0 Å². The molecule has 1 aliphatic heterocycles. The molecule has 1 heterocycles. The summed E-state index contributed by atoms with van der Waals surface area (Å²) in [6.07, 6.45) is 0.938. The maximum Gasteiger partial charge on any atom is 0.137 e. The maximum absolute atomic E-state index is 5.49. The zero-order valence-electron chi connectivity index (χ0n) is 13.6. The molecule has 0 radical (unpaired) electrons. The summed E-state index contributed by atoms with van der Waals surface area (Å²) in [5, 5.41) is 3.41. The molecule has 0 spiro atoms. The predicted molar refractivity (Wildman–Crippen MR) is 93.9 cm³/mol. The van der Waals surface area contributed by atoms with Crippen LogP contribution in [-0.2, 0) is 0 Å². The highest BCUT2D eigenvalue weighted by atomic mass is 79.9. The molecule has 0 saturated carbocycles. The SMILES string of the molecule is C=C(C)C[C@@H](c1cc(OC)c(Br)c(OC)c1)N1CCNCC1. The number of nitrogens with one attached hydrogen (secondary N) is 1. The van der Waals surface area contributed by atoms with Gasteiger partial charge < -0.3 is 14.8 Å². The summed E-state index contributed by atoms with van der Waals surface area (Å²) < 4.78 is 11.8. The molecule has 1 aromatic rings. The molecule has 22 heavy (non-hydrogen) atoms. The number of benzene rings is 1. The minimum absolute atomic E-state index is 0.301. The Hall–Kier alpha value is -1.04. The number of rotatable bonds is 6. The molecule has 1 atom stereocenters. The van der Waals surface area contributed by atoms with Crippen molar-refractivity contribution >= 4 is 15.9 Å². The van der Waals surface area contributed by atoms with Crippen molar-refractivity contribution in [1.82, 2.24) is 10.2 Å². The standard InChI is InChI=1S/C17H25BrN2O2/c1-12(2)9-14(20-7-5-19-6-8-20)13-10-15(21-3)17(18)16(11-13)22-4/h10-11,14,19H,1,5-9H2,2-4H3/t14-/m0/s1. The highest BCUT2D eigenvalue weighted by Crippen LogP contribution is 2.39. The number of piperazine rings is 1. The molecular weight excluding hydrogens is 344 g/mol. The lowest BCUT2D eigenvalue weighted by Crippen LogP contribution is -2.45. The van der Waals surface area contributed by atoms with E-state index in [1.165, 1.54) is 11.1 Å².